The summed E-state index contributed by atoms with van der Waals surface area (Å²) in [5, 5.41) is 41.1. The van der Waals surface area contributed by atoms with Gasteiger partial charge in [0.25, 0.3) is 0 Å². The molecule has 2 heterocycles. The van der Waals surface area contributed by atoms with Crippen molar-refractivity contribution < 1.29 is 34.3 Å². The summed E-state index contributed by atoms with van der Waals surface area (Å²) in [7, 11) is -1.47. The largest absolute Gasteiger partial charge is 0.502 e. The highest BCUT2D eigenvalue weighted by molar-refractivity contribution is 6.88. The Morgan fingerprint density at radius 3 is 2.31 bits per heavy atom. The smallest absolute Gasteiger partial charge is 0.229 e. The first-order chi connectivity index (χ1) is 15.1. The first kappa shape index (κ1) is 22.5. The van der Waals surface area contributed by atoms with Gasteiger partial charge in [-0.05, 0) is 17.7 Å². The Hall–Kier alpha value is -2.69. The maximum Gasteiger partial charge on any atom is 0.229 e. The molecule has 9 heteroatoms. The molecule has 0 aliphatic carbocycles. The van der Waals surface area contributed by atoms with Gasteiger partial charge in [0, 0.05) is 0 Å². The molecule has 0 spiro atoms. The van der Waals surface area contributed by atoms with E-state index in [0.29, 0.717) is 11.1 Å². The monoisotopic (exact) mass is 458 g/mol. The van der Waals surface area contributed by atoms with Gasteiger partial charge in [-0.2, -0.15) is 0 Å². The van der Waals surface area contributed by atoms with Crippen LogP contribution in [0.1, 0.15) is 0 Å². The van der Waals surface area contributed by atoms with Crippen molar-refractivity contribution in [2.75, 3.05) is 6.61 Å². The summed E-state index contributed by atoms with van der Waals surface area (Å²) in [5.74, 6) is -0.527. The van der Waals surface area contributed by atoms with E-state index in [2.05, 4.69) is 19.6 Å². The van der Waals surface area contributed by atoms with Crippen molar-refractivity contribution in [1.29, 1.82) is 0 Å². The van der Waals surface area contributed by atoms with Crippen LogP contribution in [0.2, 0.25) is 19.6 Å². The van der Waals surface area contributed by atoms with Crippen molar-refractivity contribution in [3.8, 4) is 22.6 Å². The molecule has 170 valence electrons. The van der Waals surface area contributed by atoms with Crippen LogP contribution in [0.5, 0.6) is 11.5 Å². The summed E-state index contributed by atoms with van der Waals surface area (Å²) < 4.78 is 16.3. The van der Waals surface area contributed by atoms with E-state index in [0.717, 1.165) is 0 Å². The quantitative estimate of drug-likeness (QED) is 0.424. The van der Waals surface area contributed by atoms with Crippen molar-refractivity contribution in [2.24, 2.45) is 0 Å². The normalized spacial score (nSPS) is 23.6. The van der Waals surface area contributed by atoms with Gasteiger partial charge in [0.2, 0.25) is 17.5 Å². The van der Waals surface area contributed by atoms with E-state index in [9.17, 15) is 25.2 Å². The van der Waals surface area contributed by atoms with Crippen LogP contribution in [-0.2, 0) is 4.74 Å². The molecule has 1 aromatic heterocycles. The number of aliphatic hydroxyl groups is 3. The van der Waals surface area contributed by atoms with Crippen molar-refractivity contribution in [3.05, 3.63) is 52.9 Å². The summed E-state index contributed by atoms with van der Waals surface area (Å²) in [6, 6.07) is 10.7. The highest BCUT2D eigenvalue weighted by Crippen LogP contribution is 2.36. The number of hydrogen-bond acceptors (Lipinski definition) is 8. The topological polar surface area (TPSA) is 130 Å². The van der Waals surface area contributed by atoms with Crippen LogP contribution in [0, 0.1) is 0 Å². The minimum absolute atomic E-state index is 0.0679. The Morgan fingerprint density at radius 1 is 1.03 bits per heavy atom. The fraction of sp³-hybridized carbons (Fsp3) is 0.348. The molecule has 8 nitrogen and oxygen atoms in total. The van der Waals surface area contributed by atoms with Crippen LogP contribution in [0.25, 0.3) is 22.1 Å². The van der Waals surface area contributed by atoms with Gasteiger partial charge < -0.3 is 34.3 Å². The number of ether oxygens (including phenoxy) is 2. The molecule has 1 saturated heterocycles. The SMILES string of the molecule is C[Si](C)(C)c1ccc(-c2coc3c(O)c(O[C@H]4O[C@H](CO)[C@@H](O)[C@@H]4O)ccc3c2=O)cc1. The average Bonchev–Trinajstić information content (AvgIpc) is 3.03. The summed E-state index contributed by atoms with van der Waals surface area (Å²) in [4.78, 5) is 13.1. The van der Waals surface area contributed by atoms with Gasteiger partial charge >= 0.3 is 0 Å². The maximum atomic E-state index is 13.1. The number of aliphatic hydroxyl groups excluding tert-OH is 3. The zero-order chi connectivity index (χ0) is 23.2. The zero-order valence-corrected chi connectivity index (χ0v) is 19.0. The van der Waals surface area contributed by atoms with E-state index in [1.807, 2.05) is 24.3 Å². The summed E-state index contributed by atoms with van der Waals surface area (Å²) in [5.41, 5.74) is 0.716. The molecule has 0 radical (unpaired) electrons. The molecule has 4 N–H and O–H groups in total. The lowest BCUT2D eigenvalue weighted by Gasteiger charge is -2.18. The fourth-order valence-corrected chi connectivity index (χ4v) is 4.87. The highest BCUT2D eigenvalue weighted by atomic mass is 28.3. The number of fused-ring (bicyclic) bond motifs is 1. The third kappa shape index (κ3) is 3.93. The third-order valence-electron chi connectivity index (χ3n) is 5.68. The molecule has 2 aromatic carbocycles. The van der Waals surface area contributed by atoms with E-state index in [1.165, 1.54) is 23.6 Å². The molecule has 32 heavy (non-hydrogen) atoms. The van der Waals surface area contributed by atoms with Gasteiger partial charge in [0.1, 0.15) is 24.6 Å². The minimum Gasteiger partial charge on any atom is -0.502 e. The molecule has 4 rings (SSSR count). The number of phenolic OH excluding ortho intramolecular Hbond substituents is 1. The summed E-state index contributed by atoms with van der Waals surface area (Å²) in [6.45, 7) is 6.23. The second kappa shape index (κ2) is 8.34. The molecule has 3 aromatic rings. The number of benzene rings is 2. The number of aromatic hydroxyl groups is 1. The molecule has 1 aliphatic heterocycles. The van der Waals surface area contributed by atoms with Crippen LogP contribution < -0.4 is 15.4 Å². The Morgan fingerprint density at radius 2 is 1.72 bits per heavy atom. The molecule has 0 unspecified atom stereocenters. The molecule has 1 fully saturated rings. The van der Waals surface area contributed by atoms with E-state index >= 15 is 0 Å². The number of rotatable bonds is 5. The van der Waals surface area contributed by atoms with Gasteiger partial charge in [-0.1, -0.05) is 49.1 Å². The average molecular weight is 459 g/mol. The summed E-state index contributed by atoms with van der Waals surface area (Å²) >= 11 is 0. The van der Waals surface area contributed by atoms with E-state index in [1.54, 1.807) is 0 Å². The van der Waals surface area contributed by atoms with Crippen molar-refractivity contribution >= 4 is 24.2 Å². The molecule has 4 atom stereocenters. The first-order valence-corrected chi connectivity index (χ1v) is 13.8. The second-order valence-corrected chi connectivity index (χ2v) is 14.0. The summed E-state index contributed by atoms with van der Waals surface area (Å²) in [6.07, 6.45) is -3.77. The van der Waals surface area contributed by atoms with E-state index < -0.39 is 45.0 Å². The zero-order valence-electron chi connectivity index (χ0n) is 18.0. The highest BCUT2D eigenvalue weighted by Gasteiger charge is 2.44. The standard InChI is InChI=1S/C23H26O8Si/c1-32(2,3)13-6-4-12(5-7-13)15-11-29-22-14(18(15)25)8-9-16(20(22)27)30-23-21(28)19(26)17(10-24)31-23/h4-9,11,17,19,21,23-24,26-28H,10H2,1-3H3/t17-,19-,21+,23+/m1/s1. The Balaban J connectivity index is 1.66. The molecule has 0 bridgehead atoms. The van der Waals surface area contributed by atoms with Gasteiger partial charge in [-0.15, -0.1) is 0 Å². The lowest BCUT2D eigenvalue weighted by atomic mass is 10.1. The van der Waals surface area contributed by atoms with Crippen LogP contribution in [0.3, 0.4) is 0 Å². The molecule has 1 aliphatic rings. The fourth-order valence-electron chi connectivity index (χ4n) is 3.70. The van der Waals surface area contributed by atoms with Crippen molar-refractivity contribution in [3.63, 3.8) is 0 Å². The Kier molecular flexibility index (Phi) is 5.86. The number of hydrogen-bond donors (Lipinski definition) is 4. The molecular weight excluding hydrogens is 432 g/mol. The van der Waals surface area contributed by atoms with Gasteiger partial charge in [0.05, 0.1) is 25.6 Å². The Bertz CT molecular complexity index is 1180. The van der Waals surface area contributed by atoms with E-state index in [4.69, 9.17) is 13.9 Å². The van der Waals surface area contributed by atoms with E-state index in [-0.39, 0.29) is 22.1 Å². The van der Waals surface area contributed by atoms with Crippen molar-refractivity contribution in [2.45, 2.75) is 44.2 Å². The van der Waals surface area contributed by atoms with Crippen LogP contribution in [0.15, 0.2) is 51.9 Å². The predicted octanol–water partition coefficient (Wildman–Crippen LogP) is 1.53. The van der Waals surface area contributed by atoms with Crippen LogP contribution in [-0.4, -0.2) is 59.7 Å². The predicted molar refractivity (Wildman–Crippen MR) is 121 cm³/mol. The second-order valence-electron chi connectivity index (χ2n) is 8.92. The lowest BCUT2D eigenvalue weighted by molar-refractivity contribution is -0.117. The van der Waals surface area contributed by atoms with Gasteiger partial charge in [-0.3, -0.25) is 4.79 Å². The van der Waals surface area contributed by atoms with Crippen molar-refractivity contribution in [1.82, 2.24) is 0 Å². The minimum atomic E-state index is -1.47. The molecular formula is C23H26O8Si. The molecule has 0 saturated carbocycles. The molecule has 0 amide bonds. The van der Waals surface area contributed by atoms with Gasteiger partial charge in [-0.25, -0.2) is 0 Å². The first-order valence-electron chi connectivity index (χ1n) is 10.3. The van der Waals surface area contributed by atoms with Gasteiger partial charge in [0.15, 0.2) is 11.3 Å². The van der Waals surface area contributed by atoms with Crippen LogP contribution in [0.4, 0.5) is 0 Å². The Labute approximate surface area is 185 Å². The lowest BCUT2D eigenvalue weighted by Crippen LogP contribution is -2.37. The van der Waals surface area contributed by atoms with Crippen LogP contribution >= 0.6 is 0 Å². The number of phenols is 1. The third-order valence-corrected chi connectivity index (χ3v) is 7.75. The maximum absolute atomic E-state index is 13.1.